The molecule has 0 fully saturated rings. The van der Waals surface area contributed by atoms with Crippen molar-refractivity contribution < 1.29 is 13.8 Å². The van der Waals surface area contributed by atoms with Crippen molar-refractivity contribution in [3.05, 3.63) is 59.3 Å². The SMILES string of the molecule is O=CC1=C(c2conn2)c2ccccc2NC1c1conn1. The molecule has 1 aliphatic rings. The molecular weight excluding hydrogens is 286 g/mol. The van der Waals surface area contributed by atoms with Gasteiger partial charge in [0.1, 0.15) is 30.0 Å². The summed E-state index contributed by atoms with van der Waals surface area (Å²) in [5.41, 5.74) is 3.79. The summed E-state index contributed by atoms with van der Waals surface area (Å²) in [4.78, 5) is 11.7. The number of benzene rings is 1. The van der Waals surface area contributed by atoms with E-state index in [9.17, 15) is 4.79 Å². The molecule has 1 aliphatic heterocycles. The third kappa shape index (κ3) is 1.81. The number of rotatable bonds is 3. The molecule has 0 radical (unpaired) electrons. The van der Waals surface area contributed by atoms with Crippen molar-refractivity contribution in [1.29, 1.82) is 0 Å². The summed E-state index contributed by atoms with van der Waals surface area (Å²) >= 11 is 0. The summed E-state index contributed by atoms with van der Waals surface area (Å²) < 4.78 is 9.61. The van der Waals surface area contributed by atoms with Crippen LogP contribution in [0.5, 0.6) is 0 Å². The quantitative estimate of drug-likeness (QED) is 0.726. The van der Waals surface area contributed by atoms with Gasteiger partial charge in [0.25, 0.3) is 0 Å². The molecule has 1 unspecified atom stereocenters. The number of hydrogen-bond donors (Lipinski definition) is 1. The lowest BCUT2D eigenvalue weighted by Crippen LogP contribution is -2.22. The highest BCUT2D eigenvalue weighted by Crippen LogP contribution is 2.41. The number of nitrogens with one attached hydrogen (secondary N) is 1. The number of nitrogens with zero attached hydrogens (tertiary/aromatic N) is 4. The lowest BCUT2D eigenvalue weighted by Gasteiger charge is -2.27. The Balaban J connectivity index is 1.99. The Hall–Kier alpha value is -3.29. The number of aromatic nitrogens is 4. The van der Waals surface area contributed by atoms with E-state index in [4.69, 9.17) is 9.05 Å². The van der Waals surface area contributed by atoms with Gasteiger partial charge in [0.05, 0.1) is 0 Å². The lowest BCUT2D eigenvalue weighted by molar-refractivity contribution is -0.105. The van der Waals surface area contributed by atoms with Crippen LogP contribution in [0.2, 0.25) is 0 Å². The van der Waals surface area contributed by atoms with E-state index in [2.05, 4.69) is 26.1 Å². The molecule has 0 saturated carbocycles. The van der Waals surface area contributed by atoms with E-state index in [1.807, 2.05) is 24.3 Å². The zero-order chi connectivity index (χ0) is 14.9. The van der Waals surface area contributed by atoms with Crippen molar-refractivity contribution in [2.45, 2.75) is 6.04 Å². The molecule has 1 N–H and O–H groups in total. The van der Waals surface area contributed by atoms with E-state index in [0.717, 1.165) is 17.5 Å². The third-order valence-electron chi connectivity index (χ3n) is 3.51. The van der Waals surface area contributed by atoms with Crippen LogP contribution in [-0.4, -0.2) is 27.0 Å². The van der Waals surface area contributed by atoms with Crippen LogP contribution in [0.25, 0.3) is 5.57 Å². The van der Waals surface area contributed by atoms with Crippen LogP contribution < -0.4 is 5.32 Å². The van der Waals surface area contributed by atoms with Gasteiger partial charge in [-0.05, 0) is 6.07 Å². The highest BCUT2D eigenvalue weighted by Gasteiger charge is 2.31. The summed E-state index contributed by atoms with van der Waals surface area (Å²) in [6, 6.07) is 7.10. The molecule has 1 atom stereocenters. The van der Waals surface area contributed by atoms with Crippen LogP contribution in [0.3, 0.4) is 0 Å². The van der Waals surface area contributed by atoms with Gasteiger partial charge in [0.15, 0.2) is 6.26 Å². The van der Waals surface area contributed by atoms with Crippen molar-refractivity contribution in [3.63, 3.8) is 0 Å². The van der Waals surface area contributed by atoms with Crippen molar-refractivity contribution in [2.75, 3.05) is 5.32 Å². The van der Waals surface area contributed by atoms with Gasteiger partial charge < -0.3 is 14.4 Å². The number of carbonyl (C=O) groups is 1. The molecule has 8 heteroatoms. The second-order valence-corrected chi connectivity index (χ2v) is 4.69. The topological polar surface area (TPSA) is 107 Å². The first-order chi connectivity index (χ1) is 10.9. The molecular formula is C14H9N5O3. The molecule has 3 heterocycles. The summed E-state index contributed by atoms with van der Waals surface area (Å²) in [5.74, 6) is 0. The maximum atomic E-state index is 11.7. The van der Waals surface area contributed by atoms with Gasteiger partial charge in [-0.2, -0.15) is 0 Å². The van der Waals surface area contributed by atoms with Crippen LogP contribution in [0.4, 0.5) is 5.69 Å². The lowest BCUT2D eigenvalue weighted by atomic mass is 9.87. The molecule has 0 saturated heterocycles. The summed E-state index contributed by atoms with van der Waals surface area (Å²) in [6.45, 7) is 0. The monoisotopic (exact) mass is 295 g/mol. The Morgan fingerprint density at radius 3 is 2.64 bits per heavy atom. The van der Waals surface area contributed by atoms with Crippen LogP contribution in [0.15, 0.2) is 51.4 Å². The standard InChI is InChI=1S/C14H9N5O3/c20-5-9-13(11-6-21-18-16-11)8-3-1-2-4-10(8)15-14(9)12-7-22-19-17-12/h1-7,14-15H. The molecule has 1 aromatic carbocycles. The van der Waals surface area contributed by atoms with Crippen molar-refractivity contribution in [1.82, 2.24) is 20.7 Å². The Bertz CT molecular complexity index is 839. The third-order valence-corrected chi connectivity index (χ3v) is 3.51. The first-order valence-corrected chi connectivity index (χ1v) is 6.48. The van der Waals surface area contributed by atoms with Gasteiger partial charge in [0, 0.05) is 32.9 Å². The molecule has 0 bridgehead atoms. The van der Waals surface area contributed by atoms with Crippen LogP contribution in [0.1, 0.15) is 23.0 Å². The summed E-state index contributed by atoms with van der Waals surface area (Å²) in [5, 5.41) is 18.0. The zero-order valence-electron chi connectivity index (χ0n) is 11.1. The maximum absolute atomic E-state index is 11.7. The summed E-state index contributed by atoms with van der Waals surface area (Å²) in [6.07, 6.45) is 3.57. The Labute approximate surface area is 123 Å². The Kier molecular flexibility index (Phi) is 2.78. The highest BCUT2D eigenvalue weighted by atomic mass is 16.5. The van der Waals surface area contributed by atoms with E-state index in [1.54, 1.807) is 0 Å². The second kappa shape index (κ2) is 4.92. The molecule has 3 aromatic rings. The van der Waals surface area contributed by atoms with E-state index in [-0.39, 0.29) is 0 Å². The minimum atomic E-state index is -0.481. The maximum Gasteiger partial charge on any atom is 0.152 e. The average Bonchev–Trinajstić information content (AvgIpc) is 3.26. The Morgan fingerprint density at radius 1 is 1.09 bits per heavy atom. The van der Waals surface area contributed by atoms with Crippen molar-refractivity contribution >= 4 is 17.5 Å². The van der Waals surface area contributed by atoms with Crippen molar-refractivity contribution in [3.8, 4) is 0 Å². The fourth-order valence-corrected chi connectivity index (χ4v) is 2.58. The number of para-hydroxylation sites is 1. The van der Waals surface area contributed by atoms with Gasteiger partial charge >= 0.3 is 0 Å². The smallest absolute Gasteiger partial charge is 0.152 e. The number of fused-ring (bicyclic) bond motifs is 1. The Morgan fingerprint density at radius 2 is 1.91 bits per heavy atom. The first kappa shape index (κ1) is 12.5. The number of carbonyl (C=O) groups excluding carboxylic acids is 1. The van der Waals surface area contributed by atoms with Gasteiger partial charge in [-0.15, -0.1) is 10.2 Å². The van der Waals surface area contributed by atoms with Crippen molar-refractivity contribution in [2.24, 2.45) is 0 Å². The molecule has 4 rings (SSSR count). The molecule has 108 valence electrons. The van der Waals surface area contributed by atoms with Gasteiger partial charge in [-0.3, -0.25) is 4.79 Å². The van der Waals surface area contributed by atoms with Gasteiger partial charge in [-0.25, -0.2) is 0 Å². The number of hydrogen-bond acceptors (Lipinski definition) is 8. The molecule has 0 amide bonds. The zero-order valence-corrected chi connectivity index (χ0v) is 11.1. The fraction of sp³-hybridized carbons (Fsp3) is 0.0714. The molecule has 2 aromatic heterocycles. The largest absolute Gasteiger partial charge is 0.372 e. The van der Waals surface area contributed by atoms with Crippen LogP contribution >= 0.6 is 0 Å². The number of anilines is 1. The summed E-state index contributed by atoms with van der Waals surface area (Å²) in [7, 11) is 0. The van der Waals surface area contributed by atoms with E-state index >= 15 is 0 Å². The van der Waals surface area contributed by atoms with Gasteiger partial charge in [0.2, 0.25) is 0 Å². The fourth-order valence-electron chi connectivity index (χ4n) is 2.58. The minimum Gasteiger partial charge on any atom is -0.372 e. The van der Waals surface area contributed by atoms with E-state index in [1.165, 1.54) is 12.5 Å². The molecule has 22 heavy (non-hydrogen) atoms. The highest BCUT2D eigenvalue weighted by molar-refractivity contribution is 6.00. The van der Waals surface area contributed by atoms with Gasteiger partial charge in [-0.1, -0.05) is 18.2 Å². The number of aldehydes is 1. The molecule has 8 nitrogen and oxygen atoms in total. The van der Waals surface area contributed by atoms with Crippen LogP contribution in [0, 0.1) is 0 Å². The van der Waals surface area contributed by atoms with E-state index < -0.39 is 6.04 Å². The predicted molar refractivity (Wildman–Crippen MR) is 73.5 cm³/mol. The normalized spacial score (nSPS) is 17.0. The molecule has 0 aliphatic carbocycles. The average molecular weight is 295 g/mol. The predicted octanol–water partition coefficient (Wildman–Crippen LogP) is 1.62. The van der Waals surface area contributed by atoms with Crippen LogP contribution in [-0.2, 0) is 4.79 Å². The minimum absolute atomic E-state index is 0.463. The second-order valence-electron chi connectivity index (χ2n) is 4.69. The van der Waals surface area contributed by atoms with E-state index in [0.29, 0.717) is 22.5 Å². The molecule has 0 spiro atoms. The first-order valence-electron chi connectivity index (χ1n) is 6.48.